The number of nitrogens with one attached hydrogen (secondary N) is 2. The van der Waals surface area contributed by atoms with Crippen molar-refractivity contribution in [3.8, 4) is 11.3 Å². The number of nitrogens with zero attached hydrogens (tertiary/aromatic N) is 4. The summed E-state index contributed by atoms with van der Waals surface area (Å²) >= 11 is 5.75. The summed E-state index contributed by atoms with van der Waals surface area (Å²) in [5, 5.41) is 15.0. The van der Waals surface area contributed by atoms with Crippen LogP contribution in [0.5, 0.6) is 0 Å². The van der Waals surface area contributed by atoms with Gasteiger partial charge in [0.1, 0.15) is 17.3 Å². The fourth-order valence-corrected chi connectivity index (χ4v) is 8.90. The normalized spacial score (nSPS) is 15.2. The lowest BCUT2D eigenvalue weighted by molar-refractivity contribution is -0.131. The van der Waals surface area contributed by atoms with Crippen LogP contribution in [0.25, 0.3) is 32.8 Å². The SMILES string of the molecule is CC1(C)OB(c2ccc(CC(=O)N3Cc4ccccc4C3)cc2F)OC1(C)C.O=C(Cc1ccc(-c2n[nH]c(=O)c3ccccc23)c(F)c1)N1Cc2ccccc2C1.O=c1[nH]nc(Cl)c2ccccc12. The van der Waals surface area contributed by atoms with Crippen LogP contribution < -0.4 is 16.6 Å². The monoisotopic (exact) mass is 960 g/mol. The molecule has 354 valence electrons. The summed E-state index contributed by atoms with van der Waals surface area (Å²) in [6, 6.07) is 39.7. The van der Waals surface area contributed by atoms with Crippen LogP contribution in [-0.4, -0.2) is 60.3 Å². The number of aromatic amines is 2. The Hall–Kier alpha value is -7.33. The minimum absolute atomic E-state index is 0.000942. The van der Waals surface area contributed by atoms with Gasteiger partial charge in [-0.2, -0.15) is 10.2 Å². The van der Waals surface area contributed by atoms with Gasteiger partial charge in [0.2, 0.25) is 11.8 Å². The first kappa shape index (κ1) is 47.7. The van der Waals surface area contributed by atoms with Gasteiger partial charge in [-0.05, 0) is 91.4 Å². The molecule has 0 aliphatic carbocycles. The predicted octanol–water partition coefficient (Wildman–Crippen LogP) is 8.60. The van der Waals surface area contributed by atoms with Gasteiger partial charge in [-0.1, -0.05) is 115 Å². The summed E-state index contributed by atoms with van der Waals surface area (Å²) in [5.41, 5.74) is 5.37. The van der Waals surface area contributed by atoms with Crippen molar-refractivity contribution >= 4 is 57.5 Å². The van der Waals surface area contributed by atoms with Crippen molar-refractivity contribution in [2.75, 3.05) is 0 Å². The summed E-state index contributed by atoms with van der Waals surface area (Å²) in [6.07, 6.45) is 0.305. The Kier molecular flexibility index (Phi) is 13.4. The molecule has 70 heavy (non-hydrogen) atoms. The second-order valence-electron chi connectivity index (χ2n) is 18.5. The van der Waals surface area contributed by atoms with Gasteiger partial charge >= 0.3 is 7.12 Å². The van der Waals surface area contributed by atoms with Crippen LogP contribution in [-0.2, 0) is 57.9 Å². The molecule has 2 amide bonds. The largest absolute Gasteiger partial charge is 0.497 e. The van der Waals surface area contributed by atoms with Crippen LogP contribution in [0.2, 0.25) is 5.15 Å². The molecular weight excluding hydrogens is 913 g/mol. The summed E-state index contributed by atoms with van der Waals surface area (Å²) in [7, 11) is -0.747. The molecule has 3 aliphatic rings. The average Bonchev–Trinajstić information content (AvgIpc) is 4.05. The van der Waals surface area contributed by atoms with E-state index in [1.165, 1.54) is 23.3 Å². The molecule has 1 saturated heterocycles. The first-order valence-electron chi connectivity index (χ1n) is 22.8. The molecule has 2 aromatic heterocycles. The van der Waals surface area contributed by atoms with Crippen LogP contribution in [0.3, 0.4) is 0 Å². The van der Waals surface area contributed by atoms with Crippen LogP contribution in [0.4, 0.5) is 8.78 Å². The van der Waals surface area contributed by atoms with Crippen LogP contribution in [0.1, 0.15) is 61.1 Å². The van der Waals surface area contributed by atoms with Gasteiger partial charge in [0.15, 0.2) is 5.15 Å². The Labute approximate surface area is 407 Å². The van der Waals surface area contributed by atoms with E-state index in [-0.39, 0.29) is 41.3 Å². The number of carbonyl (C=O) groups excluding carboxylic acids is 2. The van der Waals surface area contributed by atoms with Gasteiger partial charge < -0.3 is 19.1 Å². The number of rotatable bonds is 6. The zero-order valence-electron chi connectivity index (χ0n) is 38.9. The first-order valence-corrected chi connectivity index (χ1v) is 23.2. The molecular formula is C54H48BClF2N6O6. The highest BCUT2D eigenvalue weighted by Crippen LogP contribution is 2.37. The molecule has 16 heteroatoms. The van der Waals surface area contributed by atoms with Crippen molar-refractivity contribution in [2.24, 2.45) is 0 Å². The molecule has 1 fully saturated rings. The smallest absolute Gasteiger partial charge is 0.399 e. The minimum Gasteiger partial charge on any atom is -0.399 e. The van der Waals surface area contributed by atoms with E-state index in [1.54, 1.807) is 71.6 Å². The summed E-state index contributed by atoms with van der Waals surface area (Å²) < 4.78 is 41.6. The number of hydrogen-bond acceptors (Lipinski definition) is 8. The standard InChI is InChI=1S/C24H18FN3O2.C22H25BFNO3.C8H5ClN2O/c25-21-11-15(12-22(29)28-13-16-5-1-2-6-17(16)14-28)9-10-20(21)23-18-7-3-4-8-19(18)24(30)27-26-23;1-21(2)22(3,4)28-23(27-21)18-10-9-15(11-19(18)24)12-20(26)25-13-16-7-5-6-8-17(16)14-25;9-7-5-3-1-2-4-6(5)8(12)11-10-7/h1-11H,12-14H2,(H,27,30);5-11H,12-14H2,1-4H3;1-4H,(H,11,12). The maximum atomic E-state index is 15.0. The van der Waals surface area contributed by atoms with Gasteiger partial charge in [-0.15, -0.1) is 0 Å². The van der Waals surface area contributed by atoms with E-state index in [4.69, 9.17) is 20.9 Å². The molecule has 6 aromatic carbocycles. The Morgan fingerprint density at radius 1 is 0.586 bits per heavy atom. The van der Waals surface area contributed by atoms with Crippen LogP contribution in [0.15, 0.2) is 143 Å². The fraction of sp³-hybridized carbons (Fsp3) is 0.222. The quantitative estimate of drug-likeness (QED) is 0.157. The number of hydrogen-bond donors (Lipinski definition) is 2. The highest BCUT2D eigenvalue weighted by molar-refractivity contribution is 6.62. The van der Waals surface area contributed by atoms with E-state index in [1.807, 2.05) is 87.2 Å². The third-order valence-electron chi connectivity index (χ3n) is 13.3. The molecule has 12 nitrogen and oxygen atoms in total. The first-order chi connectivity index (χ1) is 33.5. The van der Waals surface area contributed by atoms with Crippen LogP contribution in [0, 0.1) is 11.6 Å². The molecule has 5 heterocycles. The summed E-state index contributed by atoms with van der Waals surface area (Å²) in [6.45, 7) is 10.1. The fourth-order valence-electron chi connectivity index (χ4n) is 8.70. The van der Waals surface area contributed by atoms with Gasteiger partial charge in [-0.25, -0.2) is 19.0 Å². The molecule has 2 N–H and O–H groups in total. The lowest BCUT2D eigenvalue weighted by Crippen LogP contribution is -2.41. The van der Waals surface area contributed by atoms with Crippen molar-refractivity contribution in [3.05, 3.63) is 204 Å². The van der Waals surface area contributed by atoms with Gasteiger partial charge in [0.25, 0.3) is 11.1 Å². The van der Waals surface area contributed by atoms with Gasteiger partial charge in [0, 0.05) is 48.0 Å². The lowest BCUT2D eigenvalue weighted by Gasteiger charge is -2.32. The van der Waals surface area contributed by atoms with E-state index in [0.717, 1.165) is 11.1 Å². The number of benzene rings is 6. The lowest BCUT2D eigenvalue weighted by atomic mass is 9.78. The second-order valence-corrected chi connectivity index (χ2v) is 18.8. The Morgan fingerprint density at radius 3 is 1.47 bits per heavy atom. The number of carbonyl (C=O) groups is 2. The molecule has 8 aromatic rings. The molecule has 0 unspecified atom stereocenters. The third kappa shape index (κ3) is 9.91. The molecule has 0 atom stereocenters. The predicted molar refractivity (Wildman–Crippen MR) is 266 cm³/mol. The van der Waals surface area contributed by atoms with Gasteiger partial charge in [0.05, 0.1) is 34.8 Å². The van der Waals surface area contributed by atoms with E-state index < -0.39 is 30.0 Å². The molecule has 0 saturated carbocycles. The van der Waals surface area contributed by atoms with E-state index in [0.29, 0.717) is 75.2 Å². The number of fused-ring (bicyclic) bond motifs is 4. The topological polar surface area (TPSA) is 151 Å². The third-order valence-corrected chi connectivity index (χ3v) is 13.6. The van der Waals surface area contributed by atoms with E-state index in [2.05, 4.69) is 20.4 Å². The van der Waals surface area contributed by atoms with Crippen molar-refractivity contribution in [3.63, 3.8) is 0 Å². The van der Waals surface area contributed by atoms with Crippen molar-refractivity contribution in [1.82, 2.24) is 30.2 Å². The highest BCUT2D eigenvalue weighted by atomic mass is 35.5. The molecule has 11 rings (SSSR count). The number of halogens is 3. The zero-order chi connectivity index (χ0) is 49.3. The van der Waals surface area contributed by atoms with Crippen molar-refractivity contribution in [2.45, 2.75) is 77.9 Å². The maximum absolute atomic E-state index is 15.0. The Morgan fingerprint density at radius 2 is 1.00 bits per heavy atom. The molecule has 0 spiro atoms. The van der Waals surface area contributed by atoms with Gasteiger partial charge in [-0.3, -0.25) is 19.2 Å². The number of H-pyrrole nitrogens is 2. The maximum Gasteiger partial charge on any atom is 0.497 e. The Bertz CT molecular complexity index is 3370. The summed E-state index contributed by atoms with van der Waals surface area (Å²) in [5.74, 6) is -0.923. The number of amides is 2. The Balaban J connectivity index is 0.000000141. The van der Waals surface area contributed by atoms with Crippen molar-refractivity contribution in [1.29, 1.82) is 0 Å². The van der Waals surface area contributed by atoms with E-state index >= 15 is 0 Å². The minimum atomic E-state index is -0.747. The molecule has 0 bridgehead atoms. The average molecular weight is 961 g/mol. The number of aromatic nitrogens is 4. The highest BCUT2D eigenvalue weighted by Gasteiger charge is 2.52. The summed E-state index contributed by atoms with van der Waals surface area (Å²) in [4.78, 5) is 52.1. The zero-order valence-corrected chi connectivity index (χ0v) is 39.6. The second kappa shape index (κ2) is 19.6. The molecule has 3 aliphatic heterocycles. The molecule has 0 radical (unpaired) electrons. The van der Waals surface area contributed by atoms with Crippen molar-refractivity contribution < 1.29 is 27.7 Å². The van der Waals surface area contributed by atoms with Crippen LogP contribution >= 0.6 is 11.6 Å². The van der Waals surface area contributed by atoms with E-state index in [9.17, 15) is 28.0 Å².